The topological polar surface area (TPSA) is 167 Å². The fourth-order valence-corrected chi connectivity index (χ4v) is 6.75. The number of nitrogens with zero attached hydrogens (tertiary/aromatic N) is 4. The van der Waals surface area contributed by atoms with Crippen molar-refractivity contribution in [2.75, 3.05) is 16.8 Å². The number of carbonyl (C=O) groups excluding carboxylic acids is 2. The van der Waals surface area contributed by atoms with Crippen LogP contribution in [0.3, 0.4) is 0 Å². The lowest BCUT2D eigenvalue weighted by molar-refractivity contribution is -0.245. The lowest BCUT2D eigenvalue weighted by atomic mass is 10.0. The third kappa shape index (κ3) is 10.3. The van der Waals surface area contributed by atoms with Crippen LogP contribution >= 0.6 is 11.8 Å². The molecule has 1 fully saturated rings. The summed E-state index contributed by atoms with van der Waals surface area (Å²) in [4.78, 5) is 24.7. The number of hydrogen-bond acceptors (Lipinski definition) is 10. The standard InChI is InChI=1S/C39H43N7O5S/c40-33-11-7-8-12-34(33)42-37(49)14-6-2-5-13-36(48)41-24-27-15-21-30(22-16-27)38-50-32(23-35(51-38)29-19-17-28(25-47)18-20-29)26-52-39-43-44-45-46(39)31-9-3-1-4-10-31/h1,3-4,7-12,15-22,32,35,38,47H,2,5-6,13-14,23-26,40H2,(H,41,48)(H,42,49)/t32-,35+,38+/m1/s1. The van der Waals surface area contributed by atoms with Gasteiger partial charge in [0.25, 0.3) is 0 Å². The summed E-state index contributed by atoms with van der Waals surface area (Å²) in [5.41, 5.74) is 11.6. The third-order valence-corrected chi connectivity index (χ3v) is 9.79. The Kier molecular flexibility index (Phi) is 13.0. The fraction of sp³-hybridized carbons (Fsp3) is 0.308. The molecule has 6 rings (SSSR count). The summed E-state index contributed by atoms with van der Waals surface area (Å²) >= 11 is 1.53. The van der Waals surface area contributed by atoms with E-state index in [0.29, 0.717) is 60.9 Å². The number of aromatic nitrogens is 4. The number of rotatable bonds is 16. The molecule has 0 saturated carbocycles. The van der Waals surface area contributed by atoms with E-state index in [1.165, 1.54) is 11.8 Å². The van der Waals surface area contributed by atoms with Gasteiger partial charge in [-0.3, -0.25) is 9.59 Å². The van der Waals surface area contributed by atoms with Crippen LogP contribution in [0, 0.1) is 0 Å². The van der Waals surface area contributed by atoms with E-state index in [-0.39, 0.29) is 30.6 Å². The molecule has 4 aromatic carbocycles. The SMILES string of the molecule is Nc1ccccc1NC(=O)CCCCCC(=O)NCc1ccc([C@H]2O[C@@H](CSc3nnnn3-c3ccccc3)C[C@@H](c3ccc(CO)cc3)O2)cc1. The van der Waals surface area contributed by atoms with Gasteiger partial charge in [-0.1, -0.05) is 97.0 Å². The van der Waals surface area contributed by atoms with Crippen molar-refractivity contribution >= 4 is 35.0 Å². The first-order chi connectivity index (χ1) is 25.4. The van der Waals surface area contributed by atoms with Gasteiger partial charge in [0.2, 0.25) is 17.0 Å². The molecule has 5 N–H and O–H groups in total. The van der Waals surface area contributed by atoms with E-state index in [2.05, 4.69) is 26.2 Å². The largest absolute Gasteiger partial charge is 0.397 e. The number of ether oxygens (including phenoxy) is 2. The first kappa shape index (κ1) is 36.7. The van der Waals surface area contributed by atoms with Crippen molar-refractivity contribution < 1.29 is 24.2 Å². The van der Waals surface area contributed by atoms with Crippen molar-refractivity contribution in [2.24, 2.45) is 0 Å². The molecule has 0 spiro atoms. The summed E-state index contributed by atoms with van der Waals surface area (Å²) in [6, 6.07) is 32.6. The molecule has 1 aromatic heterocycles. The maximum Gasteiger partial charge on any atom is 0.224 e. The summed E-state index contributed by atoms with van der Waals surface area (Å²) in [5.74, 6) is 0.495. The van der Waals surface area contributed by atoms with Gasteiger partial charge in [0, 0.05) is 37.1 Å². The summed E-state index contributed by atoms with van der Waals surface area (Å²) in [6.07, 6.45) is 2.58. The molecule has 2 heterocycles. The summed E-state index contributed by atoms with van der Waals surface area (Å²) in [5, 5.41) is 28.3. The molecule has 0 aliphatic carbocycles. The molecule has 52 heavy (non-hydrogen) atoms. The van der Waals surface area contributed by atoms with Crippen LogP contribution in [-0.2, 0) is 32.2 Å². The molecular weight excluding hydrogens is 679 g/mol. The Balaban J connectivity index is 0.994. The van der Waals surface area contributed by atoms with Gasteiger partial charge in [-0.2, -0.15) is 4.68 Å². The predicted molar refractivity (Wildman–Crippen MR) is 199 cm³/mol. The van der Waals surface area contributed by atoms with E-state index in [4.69, 9.17) is 15.2 Å². The normalized spacial score (nSPS) is 17.1. The molecular formula is C39H43N7O5S. The summed E-state index contributed by atoms with van der Waals surface area (Å²) < 4.78 is 14.7. The highest BCUT2D eigenvalue weighted by atomic mass is 32.2. The van der Waals surface area contributed by atoms with Crippen molar-refractivity contribution in [3.05, 3.63) is 125 Å². The van der Waals surface area contributed by atoms with Crippen molar-refractivity contribution in [3.63, 3.8) is 0 Å². The molecule has 1 saturated heterocycles. The number of para-hydroxylation sites is 3. The highest BCUT2D eigenvalue weighted by Crippen LogP contribution is 2.39. The second kappa shape index (κ2) is 18.4. The average Bonchev–Trinajstić information content (AvgIpc) is 3.66. The lowest BCUT2D eigenvalue weighted by Crippen LogP contribution is -2.31. The molecule has 270 valence electrons. The quantitative estimate of drug-likeness (QED) is 0.0518. The molecule has 12 nitrogen and oxygen atoms in total. The molecule has 0 radical (unpaired) electrons. The first-order valence-electron chi connectivity index (χ1n) is 17.4. The molecule has 1 aliphatic heterocycles. The van der Waals surface area contributed by atoms with Crippen LogP contribution in [0.4, 0.5) is 11.4 Å². The fourth-order valence-electron chi connectivity index (χ4n) is 5.84. The van der Waals surface area contributed by atoms with Gasteiger partial charge < -0.3 is 30.9 Å². The number of anilines is 2. The van der Waals surface area contributed by atoms with Crippen LogP contribution in [0.2, 0.25) is 0 Å². The minimum atomic E-state index is -0.609. The second-order valence-electron chi connectivity index (χ2n) is 12.6. The Hall–Kier alpha value is -5.08. The summed E-state index contributed by atoms with van der Waals surface area (Å²) in [7, 11) is 0. The Bertz CT molecular complexity index is 1890. The highest BCUT2D eigenvalue weighted by molar-refractivity contribution is 7.99. The zero-order chi connectivity index (χ0) is 36.1. The van der Waals surface area contributed by atoms with Crippen LogP contribution in [0.15, 0.2) is 108 Å². The number of unbranched alkanes of at least 4 members (excludes halogenated alkanes) is 2. The predicted octanol–water partition coefficient (Wildman–Crippen LogP) is 6.28. The minimum absolute atomic E-state index is 0.0219. The Morgan fingerprint density at radius 2 is 1.52 bits per heavy atom. The smallest absolute Gasteiger partial charge is 0.224 e. The van der Waals surface area contributed by atoms with Crippen molar-refractivity contribution in [2.45, 2.75) is 75.3 Å². The van der Waals surface area contributed by atoms with Crippen LogP contribution in [-0.4, -0.2) is 49.0 Å². The van der Waals surface area contributed by atoms with Crippen LogP contribution < -0.4 is 16.4 Å². The first-order valence-corrected chi connectivity index (χ1v) is 18.4. The van der Waals surface area contributed by atoms with E-state index in [0.717, 1.165) is 34.4 Å². The number of thioether (sulfide) groups is 1. The Morgan fingerprint density at radius 1 is 0.827 bits per heavy atom. The van der Waals surface area contributed by atoms with Crippen molar-refractivity contribution in [3.8, 4) is 5.69 Å². The van der Waals surface area contributed by atoms with E-state index < -0.39 is 6.29 Å². The minimum Gasteiger partial charge on any atom is -0.397 e. The zero-order valence-corrected chi connectivity index (χ0v) is 29.6. The monoisotopic (exact) mass is 721 g/mol. The van der Waals surface area contributed by atoms with E-state index >= 15 is 0 Å². The number of aliphatic hydroxyl groups excluding tert-OH is 1. The van der Waals surface area contributed by atoms with Gasteiger partial charge >= 0.3 is 0 Å². The number of tetrazole rings is 1. The lowest BCUT2D eigenvalue weighted by Gasteiger charge is -2.36. The van der Waals surface area contributed by atoms with Gasteiger partial charge in [-0.05, 0) is 64.2 Å². The van der Waals surface area contributed by atoms with E-state index in [9.17, 15) is 14.7 Å². The van der Waals surface area contributed by atoms with E-state index in [1.807, 2.05) is 91.0 Å². The molecule has 5 aromatic rings. The van der Waals surface area contributed by atoms with Crippen molar-refractivity contribution in [1.29, 1.82) is 0 Å². The molecule has 2 amide bonds. The van der Waals surface area contributed by atoms with Crippen molar-refractivity contribution in [1.82, 2.24) is 25.5 Å². The van der Waals surface area contributed by atoms with Gasteiger partial charge in [0.1, 0.15) is 0 Å². The average molecular weight is 722 g/mol. The molecule has 3 atom stereocenters. The van der Waals surface area contributed by atoms with Gasteiger partial charge in [0.05, 0.1) is 35.9 Å². The third-order valence-electron chi connectivity index (χ3n) is 8.74. The number of carbonyl (C=O) groups is 2. The number of nitrogen functional groups attached to an aromatic ring is 1. The molecule has 0 bridgehead atoms. The number of benzene rings is 4. The van der Waals surface area contributed by atoms with Crippen LogP contribution in [0.1, 0.15) is 73.2 Å². The highest BCUT2D eigenvalue weighted by Gasteiger charge is 2.32. The Labute approximate surface area is 307 Å². The number of amides is 2. The molecule has 1 aliphatic rings. The maximum absolute atomic E-state index is 12.5. The van der Waals surface area contributed by atoms with Crippen LogP contribution in [0.5, 0.6) is 0 Å². The number of nitrogens with two attached hydrogens (primary N) is 1. The second-order valence-corrected chi connectivity index (χ2v) is 13.6. The number of aliphatic hydroxyl groups is 1. The van der Waals surface area contributed by atoms with Gasteiger partial charge in [0.15, 0.2) is 6.29 Å². The molecule has 13 heteroatoms. The molecule has 0 unspecified atom stereocenters. The number of nitrogens with one attached hydrogen (secondary N) is 2. The summed E-state index contributed by atoms with van der Waals surface area (Å²) in [6.45, 7) is 0.383. The Morgan fingerprint density at radius 3 is 2.27 bits per heavy atom. The maximum atomic E-state index is 12.5. The van der Waals surface area contributed by atoms with Gasteiger partial charge in [-0.15, -0.1) is 5.10 Å². The van der Waals surface area contributed by atoms with Gasteiger partial charge in [-0.25, -0.2) is 0 Å². The van der Waals surface area contributed by atoms with E-state index in [1.54, 1.807) is 16.8 Å². The number of hydrogen-bond donors (Lipinski definition) is 4. The zero-order valence-electron chi connectivity index (χ0n) is 28.8. The van der Waals surface area contributed by atoms with Crippen LogP contribution in [0.25, 0.3) is 5.69 Å².